The van der Waals surface area contributed by atoms with Crippen LogP contribution < -0.4 is 5.32 Å². The number of carbonyl (C=O) groups is 1. The number of nitrogens with one attached hydrogen (secondary N) is 1. The highest BCUT2D eigenvalue weighted by molar-refractivity contribution is 9.11. The summed E-state index contributed by atoms with van der Waals surface area (Å²) in [4.78, 5) is 15.4. The highest BCUT2D eigenvalue weighted by Gasteiger charge is 2.06. The van der Waals surface area contributed by atoms with Crippen LogP contribution in [0.5, 0.6) is 0 Å². The number of hydrogen-bond acceptors (Lipinski definition) is 6. The highest BCUT2D eigenvalue weighted by atomic mass is 79.9. The summed E-state index contributed by atoms with van der Waals surface area (Å²) in [5.41, 5.74) is 0. The van der Waals surface area contributed by atoms with Crippen LogP contribution in [-0.2, 0) is 11.3 Å². The van der Waals surface area contributed by atoms with Crippen LogP contribution in [-0.4, -0.2) is 31.1 Å². The first kappa shape index (κ1) is 10.2. The molecule has 7 nitrogen and oxygen atoms in total. The predicted octanol–water partition coefficient (Wildman–Crippen LogP) is 0.531. The molecular weight excluding hydrogens is 284 g/mol. The van der Waals surface area contributed by atoms with Gasteiger partial charge < -0.3 is 5.32 Å². The predicted molar refractivity (Wildman–Crippen MR) is 56.3 cm³/mol. The molecular formula is C6H5BrN6OS. The van der Waals surface area contributed by atoms with Gasteiger partial charge in [0.2, 0.25) is 5.91 Å². The molecule has 9 heteroatoms. The summed E-state index contributed by atoms with van der Waals surface area (Å²) < 4.78 is 2.19. The van der Waals surface area contributed by atoms with Gasteiger partial charge in [-0.05, 0) is 26.4 Å². The monoisotopic (exact) mass is 288 g/mol. The summed E-state index contributed by atoms with van der Waals surface area (Å²) in [6.07, 6.45) is 2.99. The molecule has 0 fully saturated rings. The lowest BCUT2D eigenvalue weighted by molar-refractivity contribution is -0.116. The number of amides is 1. The Kier molecular flexibility index (Phi) is 3.02. The summed E-state index contributed by atoms with van der Waals surface area (Å²) >= 11 is 4.59. The van der Waals surface area contributed by atoms with Gasteiger partial charge in [-0.2, -0.15) is 0 Å². The Bertz CT molecular complexity index is 454. The van der Waals surface area contributed by atoms with E-state index in [-0.39, 0.29) is 12.5 Å². The highest BCUT2D eigenvalue weighted by Crippen LogP contribution is 2.22. The molecule has 0 bridgehead atoms. The van der Waals surface area contributed by atoms with E-state index < -0.39 is 0 Å². The second-order valence-corrected chi connectivity index (χ2v) is 4.93. The smallest absolute Gasteiger partial charge is 0.248 e. The number of anilines is 1. The quantitative estimate of drug-likeness (QED) is 0.890. The molecule has 2 heterocycles. The minimum Gasteiger partial charge on any atom is -0.300 e. The summed E-state index contributed by atoms with van der Waals surface area (Å²) in [6, 6.07) is 0. The largest absolute Gasteiger partial charge is 0.300 e. The molecule has 0 unspecified atom stereocenters. The van der Waals surface area contributed by atoms with E-state index in [0.717, 1.165) is 3.79 Å². The standard InChI is InChI=1S/C6H5BrN6OS/c7-4-1-8-6(15-4)10-5(14)2-13-3-9-11-12-13/h1,3H,2H2,(H,8,10,14). The molecule has 0 aliphatic heterocycles. The minimum absolute atomic E-state index is 0.0736. The van der Waals surface area contributed by atoms with Gasteiger partial charge in [-0.15, -0.1) is 5.10 Å². The second kappa shape index (κ2) is 4.45. The third-order valence-electron chi connectivity index (χ3n) is 1.42. The van der Waals surface area contributed by atoms with Gasteiger partial charge in [0, 0.05) is 0 Å². The van der Waals surface area contributed by atoms with E-state index in [1.54, 1.807) is 6.20 Å². The maximum absolute atomic E-state index is 11.4. The fourth-order valence-electron chi connectivity index (χ4n) is 0.871. The van der Waals surface area contributed by atoms with Gasteiger partial charge in [0.15, 0.2) is 5.13 Å². The molecule has 2 aromatic rings. The van der Waals surface area contributed by atoms with E-state index in [4.69, 9.17) is 0 Å². The maximum atomic E-state index is 11.4. The molecule has 1 amide bonds. The summed E-state index contributed by atoms with van der Waals surface area (Å²) in [7, 11) is 0. The fourth-order valence-corrected chi connectivity index (χ4v) is 1.99. The van der Waals surface area contributed by atoms with E-state index in [1.165, 1.54) is 22.3 Å². The zero-order valence-corrected chi connectivity index (χ0v) is 9.69. The van der Waals surface area contributed by atoms with Crippen LogP contribution in [0.2, 0.25) is 0 Å². The topological polar surface area (TPSA) is 85.6 Å². The van der Waals surface area contributed by atoms with Crippen LogP contribution >= 0.6 is 27.3 Å². The van der Waals surface area contributed by atoms with Crippen molar-refractivity contribution in [3.05, 3.63) is 16.3 Å². The number of hydrogen-bond donors (Lipinski definition) is 1. The molecule has 15 heavy (non-hydrogen) atoms. The lowest BCUT2D eigenvalue weighted by Crippen LogP contribution is -2.18. The SMILES string of the molecule is O=C(Cn1cnnn1)Nc1ncc(Br)s1. The van der Waals surface area contributed by atoms with Crippen molar-refractivity contribution >= 4 is 38.3 Å². The van der Waals surface area contributed by atoms with Crippen molar-refractivity contribution in [3.63, 3.8) is 0 Å². The molecule has 0 radical (unpaired) electrons. The average molecular weight is 289 g/mol. The van der Waals surface area contributed by atoms with Gasteiger partial charge in [0.05, 0.1) is 9.98 Å². The van der Waals surface area contributed by atoms with Crippen molar-refractivity contribution in [2.24, 2.45) is 0 Å². The van der Waals surface area contributed by atoms with E-state index in [2.05, 4.69) is 41.8 Å². The van der Waals surface area contributed by atoms with Gasteiger partial charge in [-0.25, -0.2) is 9.67 Å². The number of rotatable bonds is 3. The molecule has 2 aromatic heterocycles. The lowest BCUT2D eigenvalue weighted by Gasteiger charge is -1.99. The lowest BCUT2D eigenvalue weighted by atomic mass is 10.6. The number of thiazole rings is 1. The molecule has 1 N–H and O–H groups in total. The zero-order chi connectivity index (χ0) is 10.7. The van der Waals surface area contributed by atoms with Gasteiger partial charge in [-0.1, -0.05) is 11.3 Å². The van der Waals surface area contributed by atoms with Gasteiger partial charge in [0.1, 0.15) is 12.9 Å². The molecule has 2 rings (SSSR count). The van der Waals surface area contributed by atoms with E-state index in [9.17, 15) is 4.79 Å². The van der Waals surface area contributed by atoms with Crippen molar-refractivity contribution < 1.29 is 4.79 Å². The molecule has 0 atom stereocenters. The van der Waals surface area contributed by atoms with Gasteiger partial charge >= 0.3 is 0 Å². The van der Waals surface area contributed by atoms with Gasteiger partial charge in [0.25, 0.3) is 0 Å². The Labute approximate surface area is 96.6 Å². The number of aromatic nitrogens is 5. The Hall–Kier alpha value is -1.35. The Morgan fingerprint density at radius 1 is 1.67 bits per heavy atom. The number of nitrogens with zero attached hydrogens (tertiary/aromatic N) is 5. The summed E-state index contributed by atoms with van der Waals surface area (Å²) in [5.74, 6) is -0.218. The van der Waals surface area contributed by atoms with Crippen LogP contribution in [0, 0.1) is 0 Å². The number of tetrazole rings is 1. The van der Waals surface area contributed by atoms with Crippen LogP contribution in [0.4, 0.5) is 5.13 Å². The average Bonchev–Trinajstić information content (AvgIpc) is 2.77. The Morgan fingerprint density at radius 2 is 2.53 bits per heavy atom. The van der Waals surface area contributed by atoms with Crippen molar-refractivity contribution in [1.29, 1.82) is 0 Å². The van der Waals surface area contributed by atoms with Crippen LogP contribution in [0.15, 0.2) is 16.3 Å². The third-order valence-corrected chi connectivity index (χ3v) is 2.81. The minimum atomic E-state index is -0.218. The molecule has 0 aliphatic rings. The molecule has 0 saturated carbocycles. The summed E-state index contributed by atoms with van der Waals surface area (Å²) in [5, 5.41) is 13.6. The molecule has 0 spiro atoms. The van der Waals surface area contributed by atoms with Crippen molar-refractivity contribution in [2.45, 2.75) is 6.54 Å². The Balaban J connectivity index is 1.93. The van der Waals surface area contributed by atoms with Crippen LogP contribution in [0.1, 0.15) is 0 Å². The van der Waals surface area contributed by atoms with Crippen LogP contribution in [0.3, 0.4) is 0 Å². The number of carbonyl (C=O) groups excluding carboxylic acids is 1. The summed E-state index contributed by atoms with van der Waals surface area (Å²) in [6.45, 7) is 0.0736. The molecule has 0 aromatic carbocycles. The van der Waals surface area contributed by atoms with Crippen molar-refractivity contribution in [3.8, 4) is 0 Å². The van der Waals surface area contributed by atoms with E-state index in [1.807, 2.05) is 0 Å². The van der Waals surface area contributed by atoms with E-state index >= 15 is 0 Å². The normalized spacial score (nSPS) is 10.2. The number of halogens is 1. The first-order valence-electron chi connectivity index (χ1n) is 3.86. The maximum Gasteiger partial charge on any atom is 0.248 e. The van der Waals surface area contributed by atoms with E-state index in [0.29, 0.717) is 5.13 Å². The molecule has 0 aliphatic carbocycles. The van der Waals surface area contributed by atoms with Crippen molar-refractivity contribution in [1.82, 2.24) is 25.2 Å². The van der Waals surface area contributed by atoms with Crippen LogP contribution in [0.25, 0.3) is 0 Å². The fraction of sp³-hybridized carbons (Fsp3) is 0.167. The first-order chi connectivity index (χ1) is 7.24. The zero-order valence-electron chi connectivity index (χ0n) is 7.29. The first-order valence-corrected chi connectivity index (χ1v) is 5.47. The third kappa shape index (κ3) is 2.80. The molecule has 78 valence electrons. The van der Waals surface area contributed by atoms with Crippen molar-refractivity contribution in [2.75, 3.05) is 5.32 Å². The Morgan fingerprint density at radius 3 is 3.13 bits per heavy atom. The molecule has 0 saturated heterocycles. The second-order valence-electron chi connectivity index (χ2n) is 2.53. The van der Waals surface area contributed by atoms with Gasteiger partial charge in [-0.3, -0.25) is 4.79 Å².